The minimum atomic E-state index is 0. The van der Waals surface area contributed by atoms with E-state index >= 15 is 0 Å². The summed E-state index contributed by atoms with van der Waals surface area (Å²) in [7, 11) is 0. The Morgan fingerprint density at radius 3 is 1.04 bits per heavy atom. The summed E-state index contributed by atoms with van der Waals surface area (Å²) in [6.45, 7) is 16.9. The third-order valence-corrected chi connectivity index (χ3v) is 3.54. The molecule has 2 atom stereocenters. The molecule has 0 saturated heterocycles. The average Bonchev–Trinajstić information content (AvgIpc) is 2.30. The summed E-state index contributed by atoms with van der Waals surface area (Å²) in [5, 5.41) is 0. The predicted octanol–water partition coefficient (Wildman–Crippen LogP) is 5.32. The van der Waals surface area contributed by atoms with Gasteiger partial charge < -0.3 is 59.2 Å². The fraction of sp³-hybridized carbons (Fsp3) is 0.875. The molecule has 0 aromatic carbocycles. The van der Waals surface area contributed by atoms with Crippen molar-refractivity contribution < 1.29 is 36.8 Å². The van der Waals surface area contributed by atoms with Crippen LogP contribution in [0.1, 0.15) is 68.2 Å². The fourth-order valence-electron chi connectivity index (χ4n) is 1.98. The van der Waals surface area contributed by atoms with Gasteiger partial charge in [-0.3, -0.25) is 0 Å². The van der Waals surface area contributed by atoms with Crippen LogP contribution in [0.3, 0.4) is 0 Å². The van der Waals surface area contributed by atoms with E-state index in [1.54, 1.807) is 0 Å². The first kappa shape index (κ1) is 28.9. The van der Waals surface area contributed by atoms with Crippen molar-refractivity contribution in [3.05, 3.63) is 0 Å². The van der Waals surface area contributed by atoms with Gasteiger partial charge in [0.2, 0.25) is 0 Å². The standard InChI is InChI=1S/2C8H16OS2.Cd/c2*1-5-6(8(2,3)4)9-7(10)11;/h2*6H,5H2,1-4H3,(H,10,11);/q;;+2/p-2. The maximum Gasteiger partial charge on any atom is 2.00 e. The number of hydrogen-bond acceptors (Lipinski definition) is 6. The molecule has 132 valence electrons. The molecule has 2 unspecified atom stereocenters. The average molecular weight is 495 g/mol. The van der Waals surface area contributed by atoms with Gasteiger partial charge >= 0.3 is 27.3 Å². The SMILES string of the molecule is CCC(OC(=S)[S-])C(C)(C)C.CCC(OC(=S)[S-])C(C)(C)C.[Cd+2]. The molecular weight excluding hydrogens is 465 g/mol. The molecule has 0 aromatic rings. The van der Waals surface area contributed by atoms with E-state index < -0.39 is 0 Å². The molecule has 2 nitrogen and oxygen atoms in total. The second kappa shape index (κ2) is 13.4. The van der Waals surface area contributed by atoms with Gasteiger partial charge in [-0.05, 0) is 23.7 Å². The van der Waals surface area contributed by atoms with Crippen LogP contribution in [0.4, 0.5) is 0 Å². The van der Waals surface area contributed by atoms with E-state index in [2.05, 4.69) is 55.4 Å². The van der Waals surface area contributed by atoms with E-state index in [4.69, 9.17) is 59.2 Å². The van der Waals surface area contributed by atoms with Crippen molar-refractivity contribution in [1.82, 2.24) is 0 Å². The fourth-order valence-corrected chi connectivity index (χ4v) is 2.44. The topological polar surface area (TPSA) is 18.5 Å². The Balaban J connectivity index is -0.000000333. The Morgan fingerprint density at radius 1 is 0.783 bits per heavy atom. The summed E-state index contributed by atoms with van der Waals surface area (Å²) < 4.78 is 11.1. The van der Waals surface area contributed by atoms with Crippen molar-refractivity contribution in [2.45, 2.75) is 80.4 Å². The van der Waals surface area contributed by atoms with Gasteiger partial charge in [0, 0.05) is 8.77 Å². The molecule has 0 N–H and O–H groups in total. The van der Waals surface area contributed by atoms with Crippen molar-refractivity contribution >= 4 is 58.5 Å². The molecule has 0 heterocycles. The second-order valence-electron chi connectivity index (χ2n) is 7.26. The Morgan fingerprint density at radius 2 is 1.00 bits per heavy atom. The van der Waals surface area contributed by atoms with Crippen LogP contribution in [0.25, 0.3) is 0 Å². The van der Waals surface area contributed by atoms with Crippen LogP contribution in [0.15, 0.2) is 0 Å². The number of hydrogen-bond donors (Lipinski definition) is 0. The van der Waals surface area contributed by atoms with Crippen LogP contribution in [0.5, 0.6) is 0 Å². The third-order valence-electron chi connectivity index (χ3n) is 3.15. The molecule has 0 radical (unpaired) electrons. The quantitative estimate of drug-likeness (QED) is 0.297. The molecule has 0 aromatic heterocycles. The largest absolute Gasteiger partial charge is 2.00 e. The number of rotatable bonds is 4. The van der Waals surface area contributed by atoms with Gasteiger partial charge in [-0.15, -0.1) is 0 Å². The van der Waals surface area contributed by atoms with E-state index in [1.807, 2.05) is 0 Å². The monoisotopic (exact) mass is 496 g/mol. The first-order chi connectivity index (χ1) is 9.75. The van der Waals surface area contributed by atoms with Crippen LogP contribution in [0.2, 0.25) is 0 Å². The molecule has 0 aliphatic carbocycles. The molecule has 0 rings (SSSR count). The van der Waals surface area contributed by atoms with Gasteiger partial charge in [0.15, 0.2) is 0 Å². The van der Waals surface area contributed by atoms with Crippen molar-refractivity contribution in [3.8, 4) is 0 Å². The first-order valence-electron chi connectivity index (χ1n) is 7.50. The summed E-state index contributed by atoms with van der Waals surface area (Å²) in [4.78, 5) is 0. The van der Waals surface area contributed by atoms with Gasteiger partial charge in [-0.25, -0.2) is 0 Å². The van der Waals surface area contributed by atoms with E-state index in [9.17, 15) is 0 Å². The van der Waals surface area contributed by atoms with Gasteiger partial charge in [0.25, 0.3) is 0 Å². The maximum atomic E-state index is 5.31. The summed E-state index contributed by atoms with van der Waals surface area (Å²) in [6, 6.07) is 0. The van der Waals surface area contributed by atoms with Crippen LogP contribution in [0, 0.1) is 10.8 Å². The molecule has 0 aliphatic rings. The number of thiocarbonyl (C=S) groups is 2. The van der Waals surface area contributed by atoms with Crippen molar-refractivity contribution in [1.29, 1.82) is 0 Å². The molecule has 0 amide bonds. The minimum absolute atomic E-state index is 0. The second-order valence-corrected chi connectivity index (χ2v) is 9.26. The van der Waals surface area contributed by atoms with E-state index in [-0.39, 0.29) is 59.1 Å². The zero-order valence-corrected chi connectivity index (χ0v) is 23.0. The maximum absolute atomic E-state index is 5.31. The molecule has 0 aliphatic heterocycles. The van der Waals surface area contributed by atoms with E-state index in [1.165, 1.54) is 0 Å². The zero-order valence-electron chi connectivity index (χ0n) is 15.7. The van der Waals surface area contributed by atoms with Crippen LogP contribution < -0.4 is 0 Å². The Bertz CT molecular complexity index is 315. The normalized spacial score (nSPS) is 13.6. The van der Waals surface area contributed by atoms with E-state index in [0.29, 0.717) is 0 Å². The molecule has 0 bridgehead atoms. The van der Waals surface area contributed by atoms with Gasteiger partial charge in [0.05, 0.1) is 0 Å². The van der Waals surface area contributed by atoms with Crippen molar-refractivity contribution in [2.24, 2.45) is 10.8 Å². The summed E-state index contributed by atoms with van der Waals surface area (Å²) in [5.74, 6) is 0. The minimum Gasteiger partial charge on any atom is -0.510 e. The molecule has 0 fully saturated rings. The molecule has 7 heteroatoms. The van der Waals surface area contributed by atoms with E-state index in [0.717, 1.165) is 12.8 Å². The molecule has 23 heavy (non-hydrogen) atoms. The summed E-state index contributed by atoms with van der Waals surface area (Å²) in [6.07, 6.45) is 2.18. The van der Waals surface area contributed by atoms with Gasteiger partial charge in [-0.1, -0.05) is 55.4 Å². The van der Waals surface area contributed by atoms with Gasteiger partial charge in [-0.2, -0.15) is 0 Å². The van der Waals surface area contributed by atoms with Crippen LogP contribution in [-0.4, -0.2) is 21.0 Å². The Labute approximate surface area is 185 Å². The zero-order chi connectivity index (χ0) is 18.1. The first-order valence-corrected chi connectivity index (χ1v) is 9.14. The Hall–Kier alpha value is 1.14. The molecule has 0 spiro atoms. The smallest absolute Gasteiger partial charge is 0.510 e. The van der Waals surface area contributed by atoms with Gasteiger partial charge in [0.1, 0.15) is 12.2 Å². The molecule has 0 saturated carbocycles. The van der Waals surface area contributed by atoms with Crippen LogP contribution >= 0.6 is 24.4 Å². The van der Waals surface area contributed by atoms with Crippen molar-refractivity contribution in [3.63, 3.8) is 0 Å². The third kappa shape index (κ3) is 16.4. The summed E-state index contributed by atoms with van der Waals surface area (Å²) in [5.41, 5.74) is 0.245. The predicted molar refractivity (Wildman–Crippen MR) is 109 cm³/mol. The van der Waals surface area contributed by atoms with Crippen LogP contribution in [-0.2, 0) is 62.0 Å². The summed E-state index contributed by atoms with van der Waals surface area (Å²) >= 11 is 18.8. The van der Waals surface area contributed by atoms with Crippen molar-refractivity contribution in [2.75, 3.05) is 0 Å². The Kier molecular flexibility index (Phi) is 16.8. The number of ether oxygens (including phenoxy) is 2. The molecular formula is C16H30CdO2S4.